The van der Waals surface area contributed by atoms with Crippen molar-refractivity contribution in [3.63, 3.8) is 0 Å². The Bertz CT molecular complexity index is 900. The lowest BCUT2D eigenvalue weighted by molar-refractivity contribution is -0.127. The average Bonchev–Trinajstić information content (AvgIpc) is 3.22. The number of carbonyl (C=O) groups excluding carboxylic acids is 1. The molecule has 0 spiro atoms. The van der Waals surface area contributed by atoms with E-state index < -0.39 is 0 Å². The fraction of sp³-hybridized carbons (Fsp3) is 0.364. The van der Waals surface area contributed by atoms with Crippen LogP contribution in [0.5, 0.6) is 0 Å². The molecule has 134 valence electrons. The van der Waals surface area contributed by atoms with Crippen molar-refractivity contribution in [1.29, 1.82) is 0 Å². The molecule has 2 heterocycles. The van der Waals surface area contributed by atoms with Gasteiger partial charge in [0.05, 0.1) is 11.0 Å². The molecular formula is C22H25N3O. The van der Waals surface area contributed by atoms with Gasteiger partial charge in [-0.1, -0.05) is 55.8 Å². The van der Waals surface area contributed by atoms with Gasteiger partial charge < -0.3 is 9.47 Å². The smallest absolute Gasteiger partial charge is 0.223 e. The number of rotatable bonds is 6. The van der Waals surface area contributed by atoms with Gasteiger partial charge in [0.25, 0.3) is 0 Å². The second-order valence-electron chi connectivity index (χ2n) is 7.12. The van der Waals surface area contributed by atoms with Gasteiger partial charge in [-0.2, -0.15) is 0 Å². The third-order valence-electron chi connectivity index (χ3n) is 5.23. The van der Waals surface area contributed by atoms with Crippen molar-refractivity contribution in [1.82, 2.24) is 14.5 Å². The van der Waals surface area contributed by atoms with Gasteiger partial charge >= 0.3 is 0 Å². The second-order valence-corrected chi connectivity index (χ2v) is 7.12. The number of likely N-dealkylation sites (tertiary alicyclic amines) is 1. The Morgan fingerprint density at radius 2 is 1.85 bits per heavy atom. The molecule has 1 atom stereocenters. The van der Waals surface area contributed by atoms with Crippen LogP contribution in [0.3, 0.4) is 0 Å². The van der Waals surface area contributed by atoms with Crippen molar-refractivity contribution in [3.05, 3.63) is 66.0 Å². The molecule has 0 aliphatic carbocycles. The molecule has 0 bridgehead atoms. The zero-order chi connectivity index (χ0) is 17.9. The van der Waals surface area contributed by atoms with Crippen LogP contribution in [0.25, 0.3) is 11.0 Å². The summed E-state index contributed by atoms with van der Waals surface area (Å²) in [5, 5.41) is 0. The lowest BCUT2D eigenvalue weighted by atomic mass is 10.1. The predicted molar refractivity (Wildman–Crippen MR) is 104 cm³/mol. The van der Waals surface area contributed by atoms with Crippen LogP contribution in [-0.4, -0.2) is 33.4 Å². The molecule has 1 aromatic heterocycles. The van der Waals surface area contributed by atoms with Gasteiger partial charge in [-0.05, 0) is 24.1 Å². The van der Waals surface area contributed by atoms with E-state index in [-0.39, 0.29) is 11.8 Å². The van der Waals surface area contributed by atoms with Crippen molar-refractivity contribution in [2.45, 2.75) is 38.6 Å². The van der Waals surface area contributed by atoms with Gasteiger partial charge in [0.2, 0.25) is 5.91 Å². The summed E-state index contributed by atoms with van der Waals surface area (Å²) in [5.74, 6) is 1.49. The Balaban J connectivity index is 1.68. The van der Waals surface area contributed by atoms with Crippen molar-refractivity contribution in [2.75, 3.05) is 13.1 Å². The fourth-order valence-corrected chi connectivity index (χ4v) is 3.85. The molecule has 0 N–H and O–H groups in total. The molecule has 0 saturated carbocycles. The number of nitrogens with zero attached hydrogens (tertiary/aromatic N) is 3. The van der Waals surface area contributed by atoms with Crippen molar-refractivity contribution >= 4 is 16.9 Å². The van der Waals surface area contributed by atoms with Gasteiger partial charge in [0, 0.05) is 32.0 Å². The van der Waals surface area contributed by atoms with Gasteiger partial charge in [0.15, 0.2) is 0 Å². The Morgan fingerprint density at radius 3 is 2.65 bits per heavy atom. The standard InChI is InChI=1S/C22H25N3O/c1-2-3-13-24-16-18(14-21(24)26)22-23-19-11-7-8-12-20(19)25(22)15-17-9-5-4-6-10-17/h4-12,18H,2-3,13-16H2,1H3/t18-/m1/s1. The van der Waals surface area contributed by atoms with Crippen molar-refractivity contribution in [2.24, 2.45) is 0 Å². The van der Waals surface area contributed by atoms with Gasteiger partial charge in [-0.25, -0.2) is 4.98 Å². The number of hydrogen-bond acceptors (Lipinski definition) is 2. The van der Waals surface area contributed by atoms with Crippen LogP contribution in [0.1, 0.15) is 43.5 Å². The third-order valence-corrected chi connectivity index (χ3v) is 5.23. The number of imidazole rings is 1. The Hall–Kier alpha value is -2.62. The number of fused-ring (bicyclic) bond motifs is 1. The summed E-state index contributed by atoms with van der Waals surface area (Å²) in [6, 6.07) is 18.7. The molecule has 3 aromatic rings. The SMILES string of the molecule is CCCCN1C[C@H](c2nc3ccccc3n2Cc2ccccc2)CC1=O. The Labute approximate surface area is 154 Å². The van der Waals surface area contributed by atoms with E-state index in [2.05, 4.69) is 54.0 Å². The monoisotopic (exact) mass is 347 g/mol. The van der Waals surface area contributed by atoms with E-state index in [0.717, 1.165) is 49.3 Å². The maximum Gasteiger partial charge on any atom is 0.223 e. The summed E-state index contributed by atoms with van der Waals surface area (Å²) < 4.78 is 2.30. The number of unbranched alkanes of at least 4 members (excludes halogenated alkanes) is 1. The summed E-state index contributed by atoms with van der Waals surface area (Å²) in [5.41, 5.74) is 3.41. The maximum atomic E-state index is 12.4. The zero-order valence-electron chi connectivity index (χ0n) is 15.3. The first-order chi connectivity index (χ1) is 12.8. The van der Waals surface area contributed by atoms with E-state index in [9.17, 15) is 4.79 Å². The van der Waals surface area contributed by atoms with Crippen LogP contribution in [0.4, 0.5) is 0 Å². The Kier molecular flexibility index (Phi) is 4.74. The topological polar surface area (TPSA) is 38.1 Å². The molecule has 26 heavy (non-hydrogen) atoms. The minimum Gasteiger partial charge on any atom is -0.342 e. The summed E-state index contributed by atoms with van der Waals surface area (Å²) in [4.78, 5) is 19.4. The predicted octanol–water partition coefficient (Wildman–Crippen LogP) is 4.20. The molecule has 4 nitrogen and oxygen atoms in total. The van der Waals surface area contributed by atoms with E-state index in [1.54, 1.807) is 0 Å². The quantitative estimate of drug-likeness (QED) is 0.670. The average molecular weight is 347 g/mol. The number of amides is 1. The highest BCUT2D eigenvalue weighted by molar-refractivity contribution is 5.81. The molecule has 1 aliphatic heterocycles. The van der Waals surface area contributed by atoms with Crippen LogP contribution in [0, 0.1) is 0 Å². The van der Waals surface area contributed by atoms with E-state index in [1.165, 1.54) is 5.56 Å². The molecule has 0 unspecified atom stereocenters. The molecule has 1 aliphatic rings. The lowest BCUT2D eigenvalue weighted by Gasteiger charge is -2.17. The van der Waals surface area contributed by atoms with Gasteiger partial charge in [-0.3, -0.25) is 4.79 Å². The number of hydrogen-bond donors (Lipinski definition) is 0. The third kappa shape index (κ3) is 3.24. The fourth-order valence-electron chi connectivity index (χ4n) is 3.85. The van der Waals surface area contributed by atoms with Crippen LogP contribution in [-0.2, 0) is 11.3 Å². The minimum atomic E-state index is 0.176. The van der Waals surface area contributed by atoms with Crippen LogP contribution in [0.15, 0.2) is 54.6 Å². The van der Waals surface area contributed by atoms with E-state index in [4.69, 9.17) is 4.98 Å². The second kappa shape index (κ2) is 7.32. The molecular weight excluding hydrogens is 322 g/mol. The first-order valence-electron chi connectivity index (χ1n) is 9.53. The highest BCUT2D eigenvalue weighted by atomic mass is 16.2. The van der Waals surface area contributed by atoms with Crippen LogP contribution >= 0.6 is 0 Å². The van der Waals surface area contributed by atoms with Crippen LogP contribution in [0.2, 0.25) is 0 Å². The summed E-state index contributed by atoms with van der Waals surface area (Å²) in [6.45, 7) is 4.61. The Morgan fingerprint density at radius 1 is 1.08 bits per heavy atom. The highest BCUT2D eigenvalue weighted by Gasteiger charge is 2.33. The van der Waals surface area contributed by atoms with Gasteiger partial charge in [0.1, 0.15) is 5.82 Å². The number of aromatic nitrogens is 2. The molecule has 4 rings (SSSR count). The molecule has 4 heteroatoms. The minimum absolute atomic E-state index is 0.176. The molecule has 1 saturated heterocycles. The number of benzene rings is 2. The molecule has 1 fully saturated rings. The number of para-hydroxylation sites is 2. The molecule has 0 radical (unpaired) electrons. The van der Waals surface area contributed by atoms with Gasteiger partial charge in [-0.15, -0.1) is 0 Å². The summed E-state index contributed by atoms with van der Waals surface area (Å²) >= 11 is 0. The van der Waals surface area contributed by atoms with E-state index in [0.29, 0.717) is 6.42 Å². The lowest BCUT2D eigenvalue weighted by Crippen LogP contribution is -2.26. The van der Waals surface area contributed by atoms with Crippen molar-refractivity contribution < 1.29 is 4.79 Å². The first-order valence-corrected chi connectivity index (χ1v) is 9.53. The maximum absolute atomic E-state index is 12.4. The molecule has 2 aromatic carbocycles. The summed E-state index contributed by atoms with van der Waals surface area (Å²) in [6.07, 6.45) is 2.75. The highest BCUT2D eigenvalue weighted by Crippen LogP contribution is 2.31. The summed E-state index contributed by atoms with van der Waals surface area (Å²) in [7, 11) is 0. The first kappa shape index (κ1) is 16.8. The number of carbonyl (C=O) groups is 1. The zero-order valence-corrected chi connectivity index (χ0v) is 15.3. The molecule has 1 amide bonds. The normalized spacial score (nSPS) is 17.3. The van der Waals surface area contributed by atoms with Crippen molar-refractivity contribution in [3.8, 4) is 0 Å². The van der Waals surface area contributed by atoms with Crippen LogP contribution < -0.4 is 0 Å². The largest absolute Gasteiger partial charge is 0.342 e. The van der Waals surface area contributed by atoms with E-state index in [1.807, 2.05) is 17.0 Å². The van der Waals surface area contributed by atoms with E-state index >= 15 is 0 Å².